The average Bonchev–Trinajstić information content (AvgIpc) is 2.46. The van der Waals surface area contributed by atoms with E-state index >= 15 is 0 Å². The van der Waals surface area contributed by atoms with Crippen LogP contribution in [0.4, 0.5) is 4.39 Å². The average molecular weight is 266 g/mol. The van der Waals surface area contributed by atoms with Gasteiger partial charge in [0.15, 0.2) is 0 Å². The van der Waals surface area contributed by atoms with Gasteiger partial charge in [0.25, 0.3) is 0 Å². The first kappa shape index (κ1) is 14.0. The van der Waals surface area contributed by atoms with Crippen LogP contribution in [0.1, 0.15) is 30.9 Å². The molecule has 0 bridgehead atoms. The third-order valence-corrected chi connectivity index (χ3v) is 3.36. The fraction of sp³-hybridized carbons (Fsp3) is 0.500. The van der Waals surface area contributed by atoms with Crippen molar-refractivity contribution in [3.05, 3.63) is 35.6 Å². The normalized spacial score (nSPS) is 20.8. The van der Waals surface area contributed by atoms with Gasteiger partial charge in [-0.15, -0.1) is 0 Å². The largest absolute Gasteiger partial charge is 0.386 e. The molecule has 1 heterocycles. The van der Waals surface area contributed by atoms with Gasteiger partial charge in [-0.25, -0.2) is 4.39 Å². The first-order valence-electron chi connectivity index (χ1n) is 6.62. The molecule has 3 N–H and O–H groups in total. The van der Waals surface area contributed by atoms with E-state index in [1.807, 2.05) is 0 Å². The molecule has 0 aromatic heterocycles. The predicted octanol–water partition coefficient (Wildman–Crippen LogP) is 1.12. The van der Waals surface area contributed by atoms with Gasteiger partial charge in [-0.2, -0.15) is 0 Å². The third-order valence-electron chi connectivity index (χ3n) is 3.36. The molecule has 1 aliphatic heterocycles. The molecule has 0 spiro atoms. The molecule has 19 heavy (non-hydrogen) atoms. The van der Waals surface area contributed by atoms with Crippen molar-refractivity contribution in [2.24, 2.45) is 0 Å². The summed E-state index contributed by atoms with van der Waals surface area (Å²) in [5, 5.41) is 15.7. The lowest BCUT2D eigenvalue weighted by atomic mass is 10.0. The van der Waals surface area contributed by atoms with E-state index in [2.05, 4.69) is 10.6 Å². The summed E-state index contributed by atoms with van der Waals surface area (Å²) in [5.41, 5.74) is 0.208. The molecule has 1 aromatic carbocycles. The molecule has 5 heteroatoms. The summed E-state index contributed by atoms with van der Waals surface area (Å²) in [6.07, 6.45) is 1.90. The van der Waals surface area contributed by atoms with E-state index in [9.17, 15) is 14.3 Å². The summed E-state index contributed by atoms with van der Waals surface area (Å²) in [7, 11) is 0. The van der Waals surface area contributed by atoms with Crippen LogP contribution in [-0.2, 0) is 4.79 Å². The van der Waals surface area contributed by atoms with Crippen molar-refractivity contribution in [1.82, 2.24) is 10.6 Å². The van der Waals surface area contributed by atoms with Gasteiger partial charge in [-0.05, 0) is 25.5 Å². The van der Waals surface area contributed by atoms with Gasteiger partial charge in [0, 0.05) is 12.1 Å². The summed E-state index contributed by atoms with van der Waals surface area (Å²) >= 11 is 0. The zero-order valence-corrected chi connectivity index (χ0v) is 10.7. The Morgan fingerprint density at radius 3 is 2.95 bits per heavy atom. The molecule has 2 rings (SSSR count). The van der Waals surface area contributed by atoms with Gasteiger partial charge < -0.3 is 15.7 Å². The van der Waals surface area contributed by atoms with Crippen molar-refractivity contribution in [3.63, 3.8) is 0 Å². The van der Waals surface area contributed by atoms with Crippen LogP contribution in [0.3, 0.4) is 0 Å². The highest BCUT2D eigenvalue weighted by Crippen LogP contribution is 2.15. The molecule has 4 nitrogen and oxygen atoms in total. The molecule has 0 aliphatic carbocycles. The number of carbonyl (C=O) groups excluding carboxylic acids is 1. The van der Waals surface area contributed by atoms with E-state index in [-0.39, 0.29) is 24.1 Å². The Labute approximate surface area is 112 Å². The molecule has 1 fully saturated rings. The highest BCUT2D eigenvalue weighted by Gasteiger charge is 2.21. The van der Waals surface area contributed by atoms with Crippen LogP contribution in [-0.4, -0.2) is 30.1 Å². The molecular formula is C14H19FN2O2. The van der Waals surface area contributed by atoms with Crippen LogP contribution in [0.2, 0.25) is 0 Å². The standard InChI is InChI=1S/C14H19FN2O2/c15-11-6-2-1-5-10(11)13(18)9-17-14(19)12-7-3-4-8-16-12/h1-2,5-6,12-13,16,18H,3-4,7-9H2,(H,17,19)/t12-,13+/m1/s1. The van der Waals surface area contributed by atoms with Gasteiger partial charge in [0.05, 0.1) is 12.1 Å². The molecule has 0 unspecified atom stereocenters. The first-order valence-corrected chi connectivity index (χ1v) is 6.62. The number of aliphatic hydroxyl groups is 1. The SMILES string of the molecule is O=C(NC[C@H](O)c1ccccc1F)[C@H]1CCCCN1. The summed E-state index contributed by atoms with van der Waals surface area (Å²) < 4.78 is 13.4. The van der Waals surface area contributed by atoms with Crippen molar-refractivity contribution in [2.75, 3.05) is 13.1 Å². The van der Waals surface area contributed by atoms with Crippen LogP contribution in [0, 0.1) is 5.82 Å². The Balaban J connectivity index is 1.84. The second-order valence-electron chi connectivity index (χ2n) is 4.78. The minimum absolute atomic E-state index is 0.0257. The second-order valence-corrected chi connectivity index (χ2v) is 4.78. The van der Waals surface area contributed by atoms with Crippen LogP contribution < -0.4 is 10.6 Å². The van der Waals surface area contributed by atoms with Gasteiger partial charge in [0.1, 0.15) is 5.82 Å². The smallest absolute Gasteiger partial charge is 0.237 e. The van der Waals surface area contributed by atoms with Crippen molar-refractivity contribution < 1.29 is 14.3 Å². The molecule has 1 saturated heterocycles. The monoisotopic (exact) mass is 266 g/mol. The Hall–Kier alpha value is -1.46. The van der Waals surface area contributed by atoms with Gasteiger partial charge in [-0.3, -0.25) is 4.79 Å². The first-order chi connectivity index (χ1) is 9.18. The molecule has 2 atom stereocenters. The number of benzene rings is 1. The predicted molar refractivity (Wildman–Crippen MR) is 70.0 cm³/mol. The molecule has 1 aromatic rings. The zero-order chi connectivity index (χ0) is 13.7. The lowest BCUT2D eigenvalue weighted by molar-refractivity contribution is -0.124. The number of carbonyl (C=O) groups is 1. The fourth-order valence-electron chi connectivity index (χ4n) is 2.25. The molecule has 0 saturated carbocycles. The van der Waals surface area contributed by atoms with Crippen molar-refractivity contribution in [2.45, 2.75) is 31.4 Å². The van der Waals surface area contributed by atoms with E-state index in [0.717, 1.165) is 25.8 Å². The van der Waals surface area contributed by atoms with Gasteiger partial charge in [-0.1, -0.05) is 24.6 Å². The van der Waals surface area contributed by atoms with E-state index in [0.29, 0.717) is 0 Å². The number of halogens is 1. The summed E-state index contributed by atoms with van der Waals surface area (Å²) in [6, 6.07) is 5.85. The van der Waals surface area contributed by atoms with Crippen LogP contribution >= 0.6 is 0 Å². The zero-order valence-electron chi connectivity index (χ0n) is 10.7. The molecular weight excluding hydrogens is 247 g/mol. The Kier molecular flexibility index (Phi) is 4.87. The minimum atomic E-state index is -1.02. The minimum Gasteiger partial charge on any atom is -0.386 e. The number of hydrogen-bond acceptors (Lipinski definition) is 3. The topological polar surface area (TPSA) is 61.4 Å². The second kappa shape index (κ2) is 6.63. The van der Waals surface area contributed by atoms with Gasteiger partial charge in [0.2, 0.25) is 5.91 Å². The maximum Gasteiger partial charge on any atom is 0.237 e. The lowest BCUT2D eigenvalue weighted by Gasteiger charge is -2.23. The molecule has 0 radical (unpaired) electrons. The van der Waals surface area contributed by atoms with Crippen molar-refractivity contribution in [3.8, 4) is 0 Å². The quantitative estimate of drug-likeness (QED) is 0.765. The van der Waals surface area contributed by atoms with Crippen LogP contribution in [0.25, 0.3) is 0 Å². The summed E-state index contributed by atoms with van der Waals surface area (Å²) in [5.74, 6) is -0.588. The van der Waals surface area contributed by atoms with E-state index in [1.165, 1.54) is 12.1 Å². The number of piperidine rings is 1. The number of hydrogen-bond donors (Lipinski definition) is 3. The maximum atomic E-state index is 13.4. The van der Waals surface area contributed by atoms with Crippen molar-refractivity contribution >= 4 is 5.91 Å². The van der Waals surface area contributed by atoms with Crippen LogP contribution in [0.15, 0.2) is 24.3 Å². The van der Waals surface area contributed by atoms with Gasteiger partial charge >= 0.3 is 0 Å². The molecule has 1 aliphatic rings. The van der Waals surface area contributed by atoms with E-state index in [1.54, 1.807) is 12.1 Å². The molecule has 1 amide bonds. The fourth-order valence-corrected chi connectivity index (χ4v) is 2.25. The summed E-state index contributed by atoms with van der Waals surface area (Å²) in [6.45, 7) is 0.867. The number of rotatable bonds is 4. The van der Waals surface area contributed by atoms with Crippen LogP contribution in [0.5, 0.6) is 0 Å². The number of amides is 1. The Bertz CT molecular complexity index is 433. The number of nitrogens with one attached hydrogen (secondary N) is 2. The highest BCUT2D eigenvalue weighted by molar-refractivity contribution is 5.81. The third kappa shape index (κ3) is 3.75. The Morgan fingerprint density at radius 1 is 1.47 bits per heavy atom. The van der Waals surface area contributed by atoms with Crippen molar-refractivity contribution in [1.29, 1.82) is 0 Å². The van der Waals surface area contributed by atoms with E-state index < -0.39 is 11.9 Å². The maximum absolute atomic E-state index is 13.4. The highest BCUT2D eigenvalue weighted by atomic mass is 19.1. The molecule has 104 valence electrons. The van der Waals surface area contributed by atoms with E-state index in [4.69, 9.17) is 0 Å². The summed E-state index contributed by atoms with van der Waals surface area (Å²) in [4.78, 5) is 11.8. The Morgan fingerprint density at radius 2 is 2.26 bits per heavy atom. The lowest BCUT2D eigenvalue weighted by Crippen LogP contribution is -2.47. The number of aliphatic hydroxyl groups excluding tert-OH is 1.